The molecule has 1 aromatic carbocycles. The van der Waals surface area contributed by atoms with Crippen LogP contribution in [-0.4, -0.2) is 32.0 Å². The van der Waals surface area contributed by atoms with Gasteiger partial charge in [-0.15, -0.1) is 0 Å². The van der Waals surface area contributed by atoms with Gasteiger partial charge in [-0.25, -0.2) is 9.97 Å². The van der Waals surface area contributed by atoms with Crippen molar-refractivity contribution in [1.82, 2.24) is 24.9 Å². The number of fused-ring (bicyclic) bond motifs is 2. The van der Waals surface area contributed by atoms with E-state index in [1.54, 1.807) is 19.5 Å². The molecule has 0 amide bonds. The van der Waals surface area contributed by atoms with Crippen LogP contribution in [0, 0.1) is 0 Å². The van der Waals surface area contributed by atoms with Crippen LogP contribution in [0.2, 0.25) is 0 Å². The van der Waals surface area contributed by atoms with Crippen LogP contribution in [0.15, 0.2) is 59.8 Å². The lowest BCUT2D eigenvalue weighted by atomic mass is 10.0. The van der Waals surface area contributed by atoms with Gasteiger partial charge in [0, 0.05) is 30.0 Å². The topological polar surface area (TPSA) is 99.4 Å². The van der Waals surface area contributed by atoms with Crippen molar-refractivity contribution in [2.75, 3.05) is 7.11 Å². The van der Waals surface area contributed by atoms with Crippen LogP contribution in [0.4, 0.5) is 0 Å². The number of aromatic nitrogens is 5. The molecule has 7 heteroatoms. The van der Waals surface area contributed by atoms with Gasteiger partial charge in [-0.1, -0.05) is 0 Å². The first-order chi connectivity index (χ1) is 13.2. The van der Waals surface area contributed by atoms with Crippen LogP contribution >= 0.6 is 0 Å². The van der Waals surface area contributed by atoms with E-state index >= 15 is 0 Å². The van der Waals surface area contributed by atoms with E-state index in [0.29, 0.717) is 11.4 Å². The van der Waals surface area contributed by atoms with Gasteiger partial charge in [0.1, 0.15) is 17.2 Å². The number of hydrogen-bond donors (Lipinski definition) is 3. The Balaban J connectivity index is 1.68. The number of ether oxygens (including phenoxy) is 1. The number of imidazole rings is 1. The van der Waals surface area contributed by atoms with E-state index in [-0.39, 0.29) is 5.56 Å². The fourth-order valence-corrected chi connectivity index (χ4v) is 3.27. The molecule has 0 atom stereocenters. The second-order valence-corrected chi connectivity index (χ2v) is 6.20. The van der Waals surface area contributed by atoms with Gasteiger partial charge in [0.15, 0.2) is 0 Å². The minimum Gasteiger partial charge on any atom is -0.497 e. The Morgan fingerprint density at radius 1 is 1.04 bits per heavy atom. The number of methoxy groups -OCH3 is 1. The van der Waals surface area contributed by atoms with Crippen LogP contribution in [0.5, 0.6) is 5.75 Å². The molecule has 0 saturated heterocycles. The molecule has 4 heterocycles. The van der Waals surface area contributed by atoms with E-state index in [1.165, 1.54) is 0 Å². The first-order valence-electron chi connectivity index (χ1n) is 8.42. The Bertz CT molecular complexity index is 1350. The molecule has 0 bridgehead atoms. The summed E-state index contributed by atoms with van der Waals surface area (Å²) < 4.78 is 5.25. The van der Waals surface area contributed by atoms with E-state index in [2.05, 4.69) is 24.9 Å². The van der Waals surface area contributed by atoms with Gasteiger partial charge in [-0.3, -0.25) is 4.79 Å². The molecule has 0 saturated carbocycles. The number of H-pyrrole nitrogens is 3. The normalized spacial score (nSPS) is 11.3. The monoisotopic (exact) mass is 357 g/mol. The summed E-state index contributed by atoms with van der Waals surface area (Å²) in [6, 6.07) is 11.3. The third-order valence-corrected chi connectivity index (χ3v) is 4.62. The highest BCUT2D eigenvalue weighted by Gasteiger charge is 2.13. The van der Waals surface area contributed by atoms with Crippen molar-refractivity contribution in [2.45, 2.75) is 0 Å². The van der Waals surface area contributed by atoms with Gasteiger partial charge in [0.05, 0.1) is 23.7 Å². The molecule has 0 aliphatic carbocycles. The number of aromatic amines is 3. The number of pyridine rings is 2. The highest BCUT2D eigenvalue weighted by Crippen LogP contribution is 2.29. The summed E-state index contributed by atoms with van der Waals surface area (Å²) in [5.74, 6) is 1.24. The van der Waals surface area contributed by atoms with E-state index in [1.807, 2.05) is 42.6 Å². The molecule has 3 N–H and O–H groups in total. The van der Waals surface area contributed by atoms with E-state index in [9.17, 15) is 4.79 Å². The Labute approximate surface area is 153 Å². The minimum atomic E-state index is -0.205. The van der Waals surface area contributed by atoms with E-state index in [0.717, 1.165) is 38.9 Å². The molecule has 0 radical (unpaired) electrons. The molecule has 0 unspecified atom stereocenters. The number of nitrogens with one attached hydrogen (secondary N) is 3. The molecule has 27 heavy (non-hydrogen) atoms. The number of hydrogen-bond acceptors (Lipinski definition) is 4. The summed E-state index contributed by atoms with van der Waals surface area (Å²) in [6.07, 6.45) is 5.30. The summed E-state index contributed by atoms with van der Waals surface area (Å²) in [5.41, 5.74) is 4.52. The first kappa shape index (κ1) is 15.4. The molecule has 132 valence electrons. The van der Waals surface area contributed by atoms with Crippen molar-refractivity contribution >= 4 is 22.1 Å². The van der Waals surface area contributed by atoms with Crippen molar-refractivity contribution in [1.29, 1.82) is 0 Å². The smallest absolute Gasteiger partial charge is 0.259 e. The number of nitrogens with zero attached hydrogens (tertiary/aromatic N) is 2. The van der Waals surface area contributed by atoms with Gasteiger partial charge in [0.25, 0.3) is 5.56 Å². The van der Waals surface area contributed by atoms with Gasteiger partial charge in [0.2, 0.25) is 0 Å². The van der Waals surface area contributed by atoms with Crippen LogP contribution in [-0.2, 0) is 0 Å². The van der Waals surface area contributed by atoms with Crippen molar-refractivity contribution in [3.05, 3.63) is 65.3 Å². The minimum absolute atomic E-state index is 0.205. The zero-order valence-electron chi connectivity index (χ0n) is 14.4. The Morgan fingerprint density at radius 2 is 1.96 bits per heavy atom. The van der Waals surface area contributed by atoms with Crippen molar-refractivity contribution in [2.24, 2.45) is 0 Å². The van der Waals surface area contributed by atoms with Crippen molar-refractivity contribution in [3.8, 4) is 28.3 Å². The molecule has 0 fully saturated rings. The molecule has 0 spiro atoms. The quantitative estimate of drug-likeness (QED) is 0.460. The maximum Gasteiger partial charge on any atom is 0.259 e. The zero-order chi connectivity index (χ0) is 18.4. The lowest BCUT2D eigenvalue weighted by Gasteiger charge is -2.05. The van der Waals surface area contributed by atoms with Crippen molar-refractivity contribution < 1.29 is 4.74 Å². The predicted octanol–water partition coefficient (Wildman–Crippen LogP) is 3.47. The molecular weight excluding hydrogens is 342 g/mol. The third kappa shape index (κ3) is 2.48. The fourth-order valence-electron chi connectivity index (χ4n) is 3.27. The molecule has 0 aliphatic heterocycles. The first-order valence-corrected chi connectivity index (χ1v) is 8.42. The molecule has 0 aliphatic rings. The second kappa shape index (κ2) is 5.84. The Hall–Kier alpha value is -3.87. The molecule has 7 nitrogen and oxygen atoms in total. The summed E-state index contributed by atoms with van der Waals surface area (Å²) in [5, 5.41) is 0.991. The Morgan fingerprint density at radius 3 is 2.85 bits per heavy atom. The largest absolute Gasteiger partial charge is 0.497 e. The van der Waals surface area contributed by atoms with Crippen LogP contribution in [0.3, 0.4) is 0 Å². The highest BCUT2D eigenvalue weighted by molar-refractivity contribution is 5.93. The van der Waals surface area contributed by atoms with Crippen LogP contribution in [0.25, 0.3) is 44.6 Å². The maximum atomic E-state index is 12.5. The van der Waals surface area contributed by atoms with Gasteiger partial charge in [-0.2, -0.15) is 0 Å². The Kier molecular flexibility index (Phi) is 3.33. The summed E-state index contributed by atoms with van der Waals surface area (Å²) in [4.78, 5) is 30.5. The predicted molar refractivity (Wildman–Crippen MR) is 104 cm³/mol. The lowest BCUT2D eigenvalue weighted by molar-refractivity contribution is 0.415. The third-order valence-electron chi connectivity index (χ3n) is 4.62. The summed E-state index contributed by atoms with van der Waals surface area (Å²) in [7, 11) is 1.61. The van der Waals surface area contributed by atoms with E-state index in [4.69, 9.17) is 4.74 Å². The lowest BCUT2D eigenvalue weighted by Crippen LogP contribution is -2.09. The van der Waals surface area contributed by atoms with Gasteiger partial charge in [-0.05, 0) is 41.5 Å². The average Bonchev–Trinajstić information content (AvgIpc) is 3.34. The molecular formula is C20H15N5O2. The van der Waals surface area contributed by atoms with Gasteiger partial charge >= 0.3 is 0 Å². The molecule has 5 aromatic rings. The van der Waals surface area contributed by atoms with Crippen molar-refractivity contribution in [3.63, 3.8) is 0 Å². The SMILES string of the molecule is COc1ccc2nc(-c3cc(-c4ccnc5[nH]ccc45)c[nH]c3=O)[nH]c2c1. The van der Waals surface area contributed by atoms with Crippen LogP contribution < -0.4 is 10.3 Å². The average molecular weight is 357 g/mol. The fraction of sp³-hybridized carbons (Fsp3) is 0.0500. The molecule has 4 aromatic heterocycles. The van der Waals surface area contributed by atoms with Crippen LogP contribution in [0.1, 0.15) is 0 Å². The zero-order valence-corrected chi connectivity index (χ0v) is 14.4. The van der Waals surface area contributed by atoms with E-state index < -0.39 is 0 Å². The van der Waals surface area contributed by atoms with Gasteiger partial charge < -0.3 is 19.7 Å². The summed E-state index contributed by atoms with van der Waals surface area (Å²) in [6.45, 7) is 0. The highest BCUT2D eigenvalue weighted by atomic mass is 16.5. The number of rotatable bonds is 3. The number of benzene rings is 1. The molecule has 5 rings (SSSR count). The second-order valence-electron chi connectivity index (χ2n) is 6.20. The summed E-state index contributed by atoms with van der Waals surface area (Å²) >= 11 is 0. The maximum absolute atomic E-state index is 12.5. The standard InChI is InChI=1S/C20H15N5O2/c1-27-12-2-3-16-17(9-12)25-19(24-16)15-8-11(10-23-20(15)26)13-4-6-21-18-14(13)5-7-22-18/h2-10H,1H3,(H,21,22)(H,23,26)(H,24,25).